The Morgan fingerprint density at radius 2 is 1.67 bits per heavy atom. The molecule has 158 valence electrons. The van der Waals surface area contributed by atoms with Crippen molar-refractivity contribution in [2.24, 2.45) is 0 Å². The molecule has 0 fully saturated rings. The molecule has 0 aliphatic carbocycles. The van der Waals surface area contributed by atoms with Gasteiger partial charge in [-0.3, -0.25) is 4.79 Å². The molecule has 2 aromatic carbocycles. The van der Waals surface area contributed by atoms with Crippen molar-refractivity contribution in [1.82, 2.24) is 9.29 Å². The van der Waals surface area contributed by atoms with Crippen molar-refractivity contribution in [2.75, 3.05) is 7.05 Å². The van der Waals surface area contributed by atoms with Gasteiger partial charge in [0.1, 0.15) is 5.01 Å². The number of benzene rings is 2. The summed E-state index contributed by atoms with van der Waals surface area (Å²) in [5, 5.41) is 2.16. The van der Waals surface area contributed by atoms with Crippen LogP contribution in [0.5, 0.6) is 0 Å². The summed E-state index contributed by atoms with van der Waals surface area (Å²) in [5.41, 5.74) is 0.660. The Morgan fingerprint density at radius 1 is 1.07 bits per heavy atom. The van der Waals surface area contributed by atoms with Crippen LogP contribution in [0.3, 0.4) is 0 Å². The monoisotopic (exact) mass is 454 g/mol. The summed E-state index contributed by atoms with van der Waals surface area (Å²) in [7, 11) is -2.39. The summed E-state index contributed by atoms with van der Waals surface area (Å²) >= 11 is 1.22. The first kappa shape index (κ1) is 22.1. The van der Waals surface area contributed by atoms with Gasteiger partial charge in [-0.15, -0.1) is 11.3 Å². The van der Waals surface area contributed by atoms with E-state index in [1.807, 2.05) is 0 Å². The van der Waals surface area contributed by atoms with Gasteiger partial charge < -0.3 is 0 Å². The van der Waals surface area contributed by atoms with Gasteiger partial charge in [0.25, 0.3) is 0 Å². The lowest BCUT2D eigenvalue weighted by Gasteiger charge is -2.16. The fourth-order valence-corrected chi connectivity index (χ4v) is 4.63. The van der Waals surface area contributed by atoms with Crippen molar-refractivity contribution in [3.05, 3.63) is 70.7 Å². The average molecular weight is 454 g/mol. The Hall–Kier alpha value is -2.56. The average Bonchev–Trinajstić information content (AvgIpc) is 3.16. The van der Waals surface area contributed by atoms with E-state index in [2.05, 4.69) is 4.98 Å². The first-order valence-electron chi connectivity index (χ1n) is 8.68. The summed E-state index contributed by atoms with van der Waals surface area (Å²) in [6, 6.07) is 10.3. The van der Waals surface area contributed by atoms with Crippen LogP contribution in [-0.4, -0.2) is 30.5 Å². The number of halogens is 3. The molecule has 0 bridgehead atoms. The van der Waals surface area contributed by atoms with Gasteiger partial charge in [-0.25, -0.2) is 13.4 Å². The van der Waals surface area contributed by atoms with E-state index < -0.39 is 21.8 Å². The van der Waals surface area contributed by atoms with Gasteiger partial charge in [-0.05, 0) is 31.2 Å². The lowest BCUT2D eigenvalue weighted by molar-refractivity contribution is -0.137. The molecule has 0 aliphatic rings. The standard InChI is InChI=1S/C20H17F3N2O3S2/c1-13(26)14-5-9-18(10-6-14)30(27,28)25(2)11-17-12-29-19(24-17)15-3-7-16(8-4-15)20(21,22)23/h3-10,12H,11H2,1-2H3. The van der Waals surface area contributed by atoms with Crippen molar-refractivity contribution >= 4 is 27.1 Å². The van der Waals surface area contributed by atoms with Gasteiger partial charge in [0, 0.05) is 23.6 Å². The maximum absolute atomic E-state index is 12.7. The first-order valence-corrected chi connectivity index (χ1v) is 11.0. The lowest BCUT2D eigenvalue weighted by Crippen LogP contribution is -2.26. The molecule has 10 heteroatoms. The number of ketones is 1. The molecule has 3 aromatic rings. The summed E-state index contributed by atoms with van der Waals surface area (Å²) in [6.45, 7) is 1.39. The zero-order valence-electron chi connectivity index (χ0n) is 16.0. The van der Waals surface area contributed by atoms with E-state index in [0.717, 1.165) is 16.4 Å². The number of carbonyl (C=O) groups is 1. The minimum atomic E-state index is -4.41. The van der Waals surface area contributed by atoms with Crippen LogP contribution < -0.4 is 0 Å². The van der Waals surface area contributed by atoms with Crippen LogP contribution in [0.1, 0.15) is 28.5 Å². The summed E-state index contributed by atoms with van der Waals surface area (Å²) in [6.07, 6.45) is -4.41. The highest BCUT2D eigenvalue weighted by atomic mass is 32.2. The number of sulfonamides is 1. The Morgan fingerprint density at radius 3 is 2.20 bits per heavy atom. The molecule has 0 unspecified atom stereocenters. The van der Waals surface area contributed by atoms with E-state index >= 15 is 0 Å². The number of rotatable bonds is 6. The molecule has 1 heterocycles. The molecule has 3 rings (SSSR count). The number of alkyl halides is 3. The van der Waals surface area contributed by atoms with Gasteiger partial charge >= 0.3 is 6.18 Å². The molecule has 0 N–H and O–H groups in total. The molecule has 0 amide bonds. The van der Waals surface area contributed by atoms with Crippen molar-refractivity contribution < 1.29 is 26.4 Å². The molecule has 0 radical (unpaired) electrons. The topological polar surface area (TPSA) is 67.3 Å². The molecule has 30 heavy (non-hydrogen) atoms. The van der Waals surface area contributed by atoms with Crippen LogP contribution >= 0.6 is 11.3 Å². The number of aromatic nitrogens is 1. The van der Waals surface area contributed by atoms with E-state index in [0.29, 0.717) is 21.8 Å². The highest BCUT2D eigenvalue weighted by Crippen LogP contribution is 2.32. The van der Waals surface area contributed by atoms with Crippen molar-refractivity contribution in [3.8, 4) is 10.6 Å². The summed E-state index contributed by atoms with van der Waals surface area (Å²) in [4.78, 5) is 15.7. The summed E-state index contributed by atoms with van der Waals surface area (Å²) in [5.74, 6) is -0.162. The molecule has 0 aliphatic heterocycles. The fourth-order valence-electron chi connectivity index (χ4n) is 2.67. The van der Waals surface area contributed by atoms with Crippen molar-refractivity contribution in [3.63, 3.8) is 0 Å². The van der Waals surface area contributed by atoms with Crippen molar-refractivity contribution in [1.29, 1.82) is 0 Å². The molecular weight excluding hydrogens is 437 g/mol. The minimum absolute atomic E-state index is 0.00602. The maximum Gasteiger partial charge on any atom is 0.416 e. The van der Waals surface area contributed by atoms with Crippen LogP contribution in [0.15, 0.2) is 58.8 Å². The predicted molar refractivity (Wildman–Crippen MR) is 108 cm³/mol. The Bertz CT molecular complexity index is 1150. The Labute approximate surface area is 175 Å². The minimum Gasteiger partial charge on any atom is -0.295 e. The number of hydrogen-bond acceptors (Lipinski definition) is 5. The second-order valence-corrected chi connectivity index (χ2v) is 9.46. The van der Waals surface area contributed by atoms with Gasteiger partial charge in [0.05, 0.1) is 22.7 Å². The van der Waals surface area contributed by atoms with Crippen LogP contribution in [0.2, 0.25) is 0 Å². The zero-order chi connectivity index (χ0) is 22.1. The largest absolute Gasteiger partial charge is 0.416 e. The highest BCUT2D eigenvalue weighted by molar-refractivity contribution is 7.89. The number of hydrogen-bond donors (Lipinski definition) is 0. The quantitative estimate of drug-likeness (QED) is 0.500. The van der Waals surface area contributed by atoms with E-state index in [4.69, 9.17) is 0 Å². The molecule has 0 spiro atoms. The normalized spacial score (nSPS) is 12.3. The lowest BCUT2D eigenvalue weighted by atomic mass is 10.1. The predicted octanol–water partition coefficient (Wildman–Crippen LogP) is 4.85. The number of nitrogens with zero attached hydrogens (tertiary/aromatic N) is 2. The second-order valence-electron chi connectivity index (χ2n) is 6.56. The van der Waals surface area contributed by atoms with Gasteiger partial charge in [0.15, 0.2) is 5.78 Å². The van der Waals surface area contributed by atoms with Crippen LogP contribution in [0.4, 0.5) is 13.2 Å². The fraction of sp³-hybridized carbons (Fsp3) is 0.200. The SMILES string of the molecule is CC(=O)c1ccc(S(=O)(=O)N(C)Cc2csc(-c3ccc(C(F)(F)F)cc3)n2)cc1. The third-order valence-electron chi connectivity index (χ3n) is 4.36. The second kappa shape index (κ2) is 8.29. The van der Waals surface area contributed by atoms with Crippen LogP contribution in [-0.2, 0) is 22.7 Å². The van der Waals surface area contributed by atoms with E-state index in [1.54, 1.807) is 5.38 Å². The maximum atomic E-state index is 12.7. The van der Waals surface area contributed by atoms with E-state index in [-0.39, 0.29) is 17.2 Å². The molecule has 5 nitrogen and oxygen atoms in total. The van der Waals surface area contributed by atoms with E-state index in [9.17, 15) is 26.4 Å². The highest BCUT2D eigenvalue weighted by Gasteiger charge is 2.30. The van der Waals surface area contributed by atoms with Gasteiger partial charge in [-0.2, -0.15) is 17.5 Å². The van der Waals surface area contributed by atoms with E-state index in [1.165, 1.54) is 61.7 Å². The van der Waals surface area contributed by atoms with Crippen molar-refractivity contribution in [2.45, 2.75) is 24.5 Å². The molecule has 0 atom stereocenters. The first-order chi connectivity index (χ1) is 14.0. The third-order valence-corrected chi connectivity index (χ3v) is 7.12. The van der Waals surface area contributed by atoms with Crippen LogP contribution in [0, 0.1) is 0 Å². The molecule has 0 saturated heterocycles. The zero-order valence-corrected chi connectivity index (χ0v) is 17.6. The van der Waals surface area contributed by atoms with Crippen LogP contribution in [0.25, 0.3) is 10.6 Å². The molecule has 1 aromatic heterocycles. The van der Waals surface area contributed by atoms with Gasteiger partial charge in [-0.1, -0.05) is 24.3 Å². The van der Waals surface area contributed by atoms with Gasteiger partial charge in [0.2, 0.25) is 10.0 Å². The Balaban J connectivity index is 1.75. The molecule has 0 saturated carbocycles. The Kier molecular flexibility index (Phi) is 6.11. The molecular formula is C20H17F3N2O3S2. The smallest absolute Gasteiger partial charge is 0.295 e. The number of carbonyl (C=O) groups excluding carboxylic acids is 1. The number of thiazole rings is 1. The number of Topliss-reactive ketones (excluding diaryl/α,β-unsaturated/α-hetero) is 1. The third kappa shape index (κ3) is 4.77. The summed E-state index contributed by atoms with van der Waals surface area (Å²) < 4.78 is 64.7.